The van der Waals surface area contributed by atoms with Gasteiger partial charge in [-0.15, -0.1) is 11.3 Å². The van der Waals surface area contributed by atoms with E-state index >= 15 is 0 Å². The van der Waals surface area contributed by atoms with Gasteiger partial charge < -0.3 is 9.88 Å². The molecule has 0 fully saturated rings. The number of aromatic nitrogens is 3. The molecular formula is C19H14F2N4OS. The number of rotatable bonds is 4. The van der Waals surface area contributed by atoms with Crippen molar-refractivity contribution < 1.29 is 13.6 Å². The fourth-order valence-corrected chi connectivity index (χ4v) is 3.64. The van der Waals surface area contributed by atoms with E-state index in [1.54, 1.807) is 11.6 Å². The highest BCUT2D eigenvalue weighted by molar-refractivity contribution is 7.13. The van der Waals surface area contributed by atoms with Crippen LogP contribution < -0.4 is 5.32 Å². The number of benzene rings is 1. The number of anilines is 1. The van der Waals surface area contributed by atoms with Crippen molar-refractivity contribution in [1.29, 1.82) is 0 Å². The molecule has 0 bridgehead atoms. The highest BCUT2D eigenvalue weighted by atomic mass is 32.1. The molecule has 27 heavy (non-hydrogen) atoms. The van der Waals surface area contributed by atoms with Gasteiger partial charge >= 0.3 is 0 Å². The number of hydrogen-bond acceptors (Lipinski definition) is 4. The molecule has 0 saturated carbocycles. The van der Waals surface area contributed by atoms with Crippen LogP contribution in [0.25, 0.3) is 21.6 Å². The van der Waals surface area contributed by atoms with E-state index in [-0.39, 0.29) is 11.4 Å². The molecule has 0 atom stereocenters. The van der Waals surface area contributed by atoms with Crippen molar-refractivity contribution in [2.45, 2.75) is 13.5 Å². The zero-order chi connectivity index (χ0) is 19.0. The summed E-state index contributed by atoms with van der Waals surface area (Å²) in [7, 11) is 0. The number of aryl methyl sites for hydroxylation is 1. The number of hydrogen-bond donors (Lipinski definition) is 1. The maximum atomic E-state index is 13.7. The Bertz CT molecular complexity index is 1150. The lowest BCUT2D eigenvalue weighted by Crippen LogP contribution is -2.13. The lowest BCUT2D eigenvalue weighted by Gasteiger charge is -2.04. The summed E-state index contributed by atoms with van der Waals surface area (Å²) in [6, 6.07) is 6.68. The molecule has 3 aromatic heterocycles. The zero-order valence-electron chi connectivity index (χ0n) is 14.2. The van der Waals surface area contributed by atoms with Gasteiger partial charge in [-0.05, 0) is 31.2 Å². The molecule has 5 nitrogen and oxygen atoms in total. The van der Waals surface area contributed by atoms with Gasteiger partial charge in [0, 0.05) is 41.3 Å². The summed E-state index contributed by atoms with van der Waals surface area (Å²) in [6.45, 7) is 2.78. The molecule has 4 aromatic rings. The standard InChI is InChI=1S/C19H14F2N4OS/c1-2-25-9-13(12-4-3-7-22-17(12)25)19-24-16(10-27-19)18(26)23-15-8-11(20)5-6-14(15)21/h3-10H,2H2,1H3,(H,23,26). The van der Waals surface area contributed by atoms with E-state index in [1.807, 2.05) is 29.8 Å². The molecule has 0 aliphatic carbocycles. The van der Waals surface area contributed by atoms with E-state index in [2.05, 4.69) is 15.3 Å². The first-order valence-electron chi connectivity index (χ1n) is 8.23. The average Bonchev–Trinajstić information content (AvgIpc) is 3.29. The Morgan fingerprint density at radius 1 is 1.30 bits per heavy atom. The molecule has 8 heteroatoms. The van der Waals surface area contributed by atoms with Gasteiger partial charge in [-0.3, -0.25) is 4.79 Å². The third kappa shape index (κ3) is 3.19. The summed E-state index contributed by atoms with van der Waals surface area (Å²) in [4.78, 5) is 21.1. The Morgan fingerprint density at radius 2 is 2.15 bits per heavy atom. The number of fused-ring (bicyclic) bond motifs is 1. The quantitative estimate of drug-likeness (QED) is 0.554. The van der Waals surface area contributed by atoms with Crippen LogP contribution in [0.2, 0.25) is 0 Å². The van der Waals surface area contributed by atoms with E-state index in [9.17, 15) is 13.6 Å². The molecule has 4 rings (SSSR count). The fraction of sp³-hybridized carbons (Fsp3) is 0.105. The van der Waals surface area contributed by atoms with Gasteiger partial charge in [-0.25, -0.2) is 18.7 Å². The Balaban J connectivity index is 1.66. The second-order valence-corrected chi connectivity index (χ2v) is 6.68. The molecular weight excluding hydrogens is 370 g/mol. The van der Waals surface area contributed by atoms with Crippen LogP contribution >= 0.6 is 11.3 Å². The first-order valence-corrected chi connectivity index (χ1v) is 9.11. The van der Waals surface area contributed by atoms with Gasteiger partial charge in [-0.1, -0.05) is 0 Å². The molecule has 3 heterocycles. The van der Waals surface area contributed by atoms with Crippen molar-refractivity contribution in [2.24, 2.45) is 0 Å². The summed E-state index contributed by atoms with van der Waals surface area (Å²) in [5, 5.41) is 5.55. The highest BCUT2D eigenvalue weighted by Crippen LogP contribution is 2.32. The second-order valence-electron chi connectivity index (χ2n) is 5.82. The Labute approximate surface area is 157 Å². The first kappa shape index (κ1) is 17.3. The summed E-state index contributed by atoms with van der Waals surface area (Å²) in [5.74, 6) is -1.94. The van der Waals surface area contributed by atoms with Gasteiger partial charge in [0.2, 0.25) is 0 Å². The number of carbonyl (C=O) groups is 1. The minimum Gasteiger partial charge on any atom is -0.332 e. The predicted octanol–water partition coefficient (Wildman–Crippen LogP) is 4.71. The molecule has 0 saturated heterocycles. The molecule has 0 aliphatic heterocycles. The number of nitrogens with zero attached hydrogens (tertiary/aromatic N) is 3. The number of carbonyl (C=O) groups excluding carboxylic acids is 1. The van der Waals surface area contributed by atoms with E-state index in [4.69, 9.17) is 0 Å². The molecule has 0 unspecified atom stereocenters. The lowest BCUT2D eigenvalue weighted by atomic mass is 10.2. The Hall–Kier alpha value is -3.13. The summed E-state index contributed by atoms with van der Waals surface area (Å²) >= 11 is 1.31. The SMILES string of the molecule is CCn1cc(-c2nc(C(=O)Nc3cc(F)ccc3F)cs2)c2cccnc21. The number of halogens is 2. The number of pyridine rings is 1. The molecule has 1 amide bonds. The Morgan fingerprint density at radius 3 is 2.96 bits per heavy atom. The van der Waals surface area contributed by atoms with Gasteiger partial charge in [0.15, 0.2) is 0 Å². The van der Waals surface area contributed by atoms with Crippen LogP contribution in [0.4, 0.5) is 14.5 Å². The van der Waals surface area contributed by atoms with E-state index < -0.39 is 17.5 Å². The minimum atomic E-state index is -0.711. The van der Waals surface area contributed by atoms with Gasteiger partial charge in [-0.2, -0.15) is 0 Å². The fourth-order valence-electron chi connectivity index (χ4n) is 2.82. The van der Waals surface area contributed by atoms with Gasteiger partial charge in [0.1, 0.15) is 28.0 Å². The van der Waals surface area contributed by atoms with Gasteiger partial charge in [0.05, 0.1) is 5.69 Å². The molecule has 0 spiro atoms. The third-order valence-corrected chi connectivity index (χ3v) is 4.99. The van der Waals surface area contributed by atoms with Crippen LogP contribution in [-0.2, 0) is 6.54 Å². The zero-order valence-corrected chi connectivity index (χ0v) is 15.1. The van der Waals surface area contributed by atoms with Crippen LogP contribution in [-0.4, -0.2) is 20.4 Å². The Kier molecular flexibility index (Phi) is 4.41. The molecule has 1 aromatic carbocycles. The maximum Gasteiger partial charge on any atom is 0.275 e. The largest absolute Gasteiger partial charge is 0.332 e. The van der Waals surface area contributed by atoms with E-state index in [0.717, 1.165) is 41.3 Å². The topological polar surface area (TPSA) is 59.8 Å². The maximum absolute atomic E-state index is 13.7. The summed E-state index contributed by atoms with van der Waals surface area (Å²) in [6.07, 6.45) is 3.68. The van der Waals surface area contributed by atoms with Crippen molar-refractivity contribution >= 4 is 34.0 Å². The smallest absolute Gasteiger partial charge is 0.275 e. The minimum absolute atomic E-state index is 0.139. The predicted molar refractivity (Wildman–Crippen MR) is 101 cm³/mol. The molecule has 1 N–H and O–H groups in total. The first-order chi connectivity index (χ1) is 13.1. The van der Waals surface area contributed by atoms with Crippen LogP contribution in [0.3, 0.4) is 0 Å². The monoisotopic (exact) mass is 384 g/mol. The van der Waals surface area contributed by atoms with E-state index in [0.29, 0.717) is 5.01 Å². The van der Waals surface area contributed by atoms with Crippen molar-refractivity contribution in [2.75, 3.05) is 5.32 Å². The lowest BCUT2D eigenvalue weighted by molar-refractivity contribution is 0.102. The van der Waals surface area contributed by atoms with Crippen molar-refractivity contribution in [3.8, 4) is 10.6 Å². The third-order valence-electron chi connectivity index (χ3n) is 4.12. The highest BCUT2D eigenvalue weighted by Gasteiger charge is 2.17. The molecule has 136 valence electrons. The second kappa shape index (κ2) is 6.88. The van der Waals surface area contributed by atoms with Crippen LogP contribution in [0.1, 0.15) is 17.4 Å². The normalized spacial score (nSPS) is 11.1. The summed E-state index contributed by atoms with van der Waals surface area (Å²) in [5.41, 5.74) is 1.64. The molecule has 0 radical (unpaired) electrons. The van der Waals surface area contributed by atoms with Crippen molar-refractivity contribution in [3.05, 3.63) is 65.4 Å². The van der Waals surface area contributed by atoms with E-state index in [1.165, 1.54) is 11.3 Å². The number of thiazole rings is 1. The van der Waals surface area contributed by atoms with Crippen LogP contribution in [0.5, 0.6) is 0 Å². The summed E-state index contributed by atoms with van der Waals surface area (Å²) < 4.78 is 29.0. The average molecular weight is 384 g/mol. The number of amides is 1. The van der Waals surface area contributed by atoms with Gasteiger partial charge in [0.25, 0.3) is 5.91 Å². The number of nitrogens with one attached hydrogen (secondary N) is 1. The van der Waals surface area contributed by atoms with Crippen LogP contribution in [0.15, 0.2) is 48.1 Å². The van der Waals surface area contributed by atoms with Crippen LogP contribution in [0, 0.1) is 11.6 Å². The van der Waals surface area contributed by atoms with Crippen molar-refractivity contribution in [1.82, 2.24) is 14.5 Å². The van der Waals surface area contributed by atoms with Crippen molar-refractivity contribution in [3.63, 3.8) is 0 Å². The molecule has 0 aliphatic rings.